The Kier molecular flexibility index (Phi) is 5.09. The topological polar surface area (TPSA) is 45.2 Å². The van der Waals surface area contributed by atoms with Crippen molar-refractivity contribution in [2.24, 2.45) is 0 Å². The summed E-state index contributed by atoms with van der Waals surface area (Å²) in [6.07, 6.45) is 1.93. The lowest BCUT2D eigenvalue weighted by Gasteiger charge is -2.14. The lowest BCUT2D eigenvalue weighted by Crippen LogP contribution is -2.22. The summed E-state index contributed by atoms with van der Waals surface area (Å²) in [5, 5.41) is 4.53. The zero-order valence-corrected chi connectivity index (χ0v) is 15.5. The number of nitrogens with one attached hydrogen (secondary N) is 1. The molecule has 0 radical (unpaired) electrons. The third-order valence-corrected chi connectivity index (χ3v) is 4.96. The molecule has 0 spiro atoms. The molecule has 1 N–H and O–H groups in total. The van der Waals surface area contributed by atoms with Crippen molar-refractivity contribution >= 4 is 22.9 Å². The second-order valence-electron chi connectivity index (χ2n) is 6.96. The first-order valence-electron chi connectivity index (χ1n) is 7.70. The van der Waals surface area contributed by atoms with Gasteiger partial charge in [0.15, 0.2) is 0 Å². The minimum Gasteiger partial charge on any atom is -0.380 e. The van der Waals surface area contributed by atoms with Gasteiger partial charge in [-0.2, -0.15) is 0 Å². The maximum Gasteiger partial charge on any atom is 0.253 e. The highest BCUT2D eigenvalue weighted by molar-refractivity contribution is 7.11. The predicted molar refractivity (Wildman–Crippen MR) is 97.3 cm³/mol. The van der Waals surface area contributed by atoms with Gasteiger partial charge < -0.3 is 10.2 Å². The van der Waals surface area contributed by atoms with Gasteiger partial charge in [0.2, 0.25) is 0 Å². The standard InChI is InChI=1S/C18H25N3OS/c1-12-7-8-13(9-15(12)16(22)21(5)6)19-10-14-11-20-17(23-14)18(2,3)4/h7-9,11,19H,10H2,1-6H3. The molecule has 0 bridgehead atoms. The van der Waals surface area contributed by atoms with Crippen molar-refractivity contribution < 1.29 is 4.79 Å². The molecule has 0 saturated heterocycles. The van der Waals surface area contributed by atoms with E-state index < -0.39 is 0 Å². The third kappa shape index (κ3) is 4.32. The SMILES string of the molecule is Cc1ccc(NCc2cnc(C(C)(C)C)s2)cc1C(=O)N(C)C. The summed E-state index contributed by atoms with van der Waals surface area (Å²) in [5.74, 6) is 0.0268. The molecule has 0 aliphatic heterocycles. The van der Waals surface area contributed by atoms with Crippen LogP contribution in [0.4, 0.5) is 5.69 Å². The van der Waals surface area contributed by atoms with Crippen LogP contribution in [0.25, 0.3) is 0 Å². The number of amides is 1. The van der Waals surface area contributed by atoms with Gasteiger partial charge >= 0.3 is 0 Å². The number of benzene rings is 1. The van der Waals surface area contributed by atoms with Crippen LogP contribution in [0.2, 0.25) is 0 Å². The van der Waals surface area contributed by atoms with Crippen LogP contribution in [-0.4, -0.2) is 29.9 Å². The first-order chi connectivity index (χ1) is 10.7. The average Bonchev–Trinajstić information content (AvgIpc) is 2.94. The van der Waals surface area contributed by atoms with E-state index in [2.05, 4.69) is 31.1 Å². The Balaban J connectivity index is 2.11. The summed E-state index contributed by atoms with van der Waals surface area (Å²) in [4.78, 5) is 19.5. The van der Waals surface area contributed by atoms with Crippen molar-refractivity contribution in [1.82, 2.24) is 9.88 Å². The van der Waals surface area contributed by atoms with E-state index in [9.17, 15) is 4.79 Å². The summed E-state index contributed by atoms with van der Waals surface area (Å²) in [6, 6.07) is 5.91. The molecule has 0 fully saturated rings. The monoisotopic (exact) mass is 331 g/mol. The molecule has 23 heavy (non-hydrogen) atoms. The highest BCUT2D eigenvalue weighted by Crippen LogP contribution is 2.27. The van der Waals surface area contributed by atoms with Crippen molar-refractivity contribution in [2.45, 2.75) is 39.7 Å². The number of carbonyl (C=O) groups excluding carboxylic acids is 1. The number of aromatic nitrogens is 1. The largest absolute Gasteiger partial charge is 0.380 e. The average molecular weight is 331 g/mol. The molecule has 2 aromatic rings. The Morgan fingerprint density at radius 3 is 2.57 bits per heavy atom. The smallest absolute Gasteiger partial charge is 0.253 e. The number of rotatable bonds is 4. The Labute approximate surface area is 142 Å². The van der Waals surface area contributed by atoms with Crippen LogP contribution in [0.3, 0.4) is 0 Å². The van der Waals surface area contributed by atoms with Crippen LogP contribution in [0.15, 0.2) is 24.4 Å². The minimum absolute atomic E-state index is 0.0268. The molecule has 124 valence electrons. The summed E-state index contributed by atoms with van der Waals surface area (Å²) < 4.78 is 0. The molecule has 4 nitrogen and oxygen atoms in total. The van der Waals surface area contributed by atoms with E-state index in [4.69, 9.17) is 0 Å². The van der Waals surface area contributed by atoms with Crippen molar-refractivity contribution in [3.05, 3.63) is 45.4 Å². The van der Waals surface area contributed by atoms with Crippen molar-refractivity contribution in [1.29, 1.82) is 0 Å². The minimum atomic E-state index is 0.0268. The van der Waals surface area contributed by atoms with Gasteiger partial charge in [-0.1, -0.05) is 26.8 Å². The molecular formula is C18H25N3OS. The first kappa shape index (κ1) is 17.5. The van der Waals surface area contributed by atoms with Crippen molar-refractivity contribution in [2.75, 3.05) is 19.4 Å². The first-order valence-corrected chi connectivity index (χ1v) is 8.51. The molecule has 5 heteroatoms. The zero-order valence-electron chi connectivity index (χ0n) is 14.7. The molecule has 0 aliphatic carbocycles. The molecular weight excluding hydrogens is 306 g/mol. The second kappa shape index (κ2) is 6.71. The maximum absolute atomic E-state index is 12.2. The fourth-order valence-electron chi connectivity index (χ4n) is 2.13. The number of hydrogen-bond donors (Lipinski definition) is 1. The van der Waals surface area contributed by atoms with Crippen LogP contribution in [0.5, 0.6) is 0 Å². The van der Waals surface area contributed by atoms with E-state index >= 15 is 0 Å². The summed E-state index contributed by atoms with van der Waals surface area (Å²) >= 11 is 1.73. The molecule has 1 amide bonds. The lowest BCUT2D eigenvalue weighted by atomic mass is 9.98. The number of aryl methyl sites for hydroxylation is 1. The van der Waals surface area contributed by atoms with E-state index in [1.54, 1.807) is 30.3 Å². The van der Waals surface area contributed by atoms with Crippen molar-refractivity contribution in [3.63, 3.8) is 0 Å². The van der Waals surface area contributed by atoms with E-state index in [-0.39, 0.29) is 11.3 Å². The van der Waals surface area contributed by atoms with Crippen LogP contribution in [0, 0.1) is 6.92 Å². The van der Waals surface area contributed by atoms with Gasteiger partial charge in [-0.25, -0.2) is 4.98 Å². The third-order valence-electron chi connectivity index (χ3n) is 3.54. The molecule has 1 heterocycles. The predicted octanol–water partition coefficient (Wildman–Crippen LogP) is 4.06. The molecule has 1 aromatic heterocycles. The highest BCUT2D eigenvalue weighted by atomic mass is 32.1. The number of carbonyl (C=O) groups is 1. The molecule has 0 unspecified atom stereocenters. The van der Waals surface area contributed by atoms with Gasteiger partial charge in [0.05, 0.1) is 11.6 Å². The fraction of sp³-hybridized carbons (Fsp3) is 0.444. The zero-order chi connectivity index (χ0) is 17.2. The molecule has 0 aliphatic rings. The molecule has 0 atom stereocenters. The van der Waals surface area contributed by atoms with Crippen molar-refractivity contribution in [3.8, 4) is 0 Å². The number of nitrogens with zero attached hydrogens (tertiary/aromatic N) is 2. The Morgan fingerprint density at radius 2 is 2.00 bits per heavy atom. The Bertz CT molecular complexity index is 699. The van der Waals surface area contributed by atoms with E-state index in [1.165, 1.54) is 4.88 Å². The molecule has 2 rings (SSSR count). The van der Waals surface area contributed by atoms with Gasteiger partial charge in [0, 0.05) is 41.8 Å². The van der Waals surface area contributed by atoms with Crippen LogP contribution in [-0.2, 0) is 12.0 Å². The molecule has 1 aromatic carbocycles. The summed E-state index contributed by atoms with van der Waals surface area (Å²) in [5.41, 5.74) is 2.76. The summed E-state index contributed by atoms with van der Waals surface area (Å²) in [7, 11) is 3.54. The van der Waals surface area contributed by atoms with Gasteiger partial charge in [-0.05, 0) is 24.6 Å². The van der Waals surface area contributed by atoms with Crippen LogP contribution >= 0.6 is 11.3 Å². The van der Waals surface area contributed by atoms with Gasteiger partial charge in [0.25, 0.3) is 5.91 Å². The lowest BCUT2D eigenvalue weighted by molar-refractivity contribution is 0.0827. The maximum atomic E-state index is 12.2. The van der Waals surface area contributed by atoms with E-state index in [0.717, 1.165) is 21.8 Å². The number of hydrogen-bond acceptors (Lipinski definition) is 4. The Hall–Kier alpha value is -1.88. The van der Waals surface area contributed by atoms with E-state index in [1.807, 2.05) is 31.3 Å². The second-order valence-corrected chi connectivity index (χ2v) is 8.08. The number of thiazole rings is 1. The van der Waals surface area contributed by atoms with Crippen LogP contribution < -0.4 is 5.32 Å². The fourth-order valence-corrected chi connectivity index (χ4v) is 3.04. The van der Waals surface area contributed by atoms with Gasteiger partial charge in [-0.3, -0.25) is 4.79 Å². The highest BCUT2D eigenvalue weighted by Gasteiger charge is 2.18. The normalized spacial score (nSPS) is 11.4. The van der Waals surface area contributed by atoms with E-state index in [0.29, 0.717) is 6.54 Å². The molecule has 0 saturated carbocycles. The van der Waals surface area contributed by atoms with Crippen LogP contribution in [0.1, 0.15) is 46.6 Å². The Morgan fingerprint density at radius 1 is 1.30 bits per heavy atom. The number of anilines is 1. The van der Waals surface area contributed by atoms with Gasteiger partial charge in [-0.15, -0.1) is 11.3 Å². The summed E-state index contributed by atoms with van der Waals surface area (Å²) in [6.45, 7) is 9.18. The van der Waals surface area contributed by atoms with Gasteiger partial charge in [0.1, 0.15) is 0 Å². The quantitative estimate of drug-likeness (QED) is 0.919.